The van der Waals surface area contributed by atoms with Gasteiger partial charge in [-0.3, -0.25) is 0 Å². The highest BCUT2D eigenvalue weighted by Crippen LogP contribution is 2.41. The van der Waals surface area contributed by atoms with Crippen molar-refractivity contribution >= 4 is 0 Å². The summed E-state index contributed by atoms with van der Waals surface area (Å²) in [5.74, 6) is 1.24. The van der Waals surface area contributed by atoms with Gasteiger partial charge in [0.15, 0.2) is 0 Å². The minimum Gasteiger partial charge on any atom is -0.316 e. The molecular formula is C13H22N4. The molecule has 1 N–H and O–H groups in total. The smallest absolute Gasteiger partial charge is 0.140 e. The summed E-state index contributed by atoms with van der Waals surface area (Å²) in [5.41, 5.74) is 0.242. The first-order valence-electron chi connectivity index (χ1n) is 6.96. The van der Waals surface area contributed by atoms with Gasteiger partial charge in [0.05, 0.1) is 0 Å². The molecule has 0 spiro atoms. The van der Waals surface area contributed by atoms with E-state index in [1.54, 1.807) is 0 Å². The molecule has 4 heteroatoms. The minimum absolute atomic E-state index is 0.242. The van der Waals surface area contributed by atoms with Gasteiger partial charge in [0.1, 0.15) is 12.2 Å². The van der Waals surface area contributed by atoms with Crippen LogP contribution in [0.2, 0.25) is 0 Å². The second kappa shape index (κ2) is 4.41. The van der Waals surface area contributed by atoms with E-state index in [9.17, 15) is 0 Å². The lowest BCUT2D eigenvalue weighted by molar-refractivity contribution is 0.266. The standard InChI is InChI=1S/C13H22N4/c1-2-6-13(7-3-8-14-9-13)12-16-15-10-17(12)11-4-5-11/h10-11,14H,2-9H2,1H3. The molecule has 3 rings (SSSR count). The lowest BCUT2D eigenvalue weighted by Gasteiger charge is -2.37. The van der Waals surface area contributed by atoms with Gasteiger partial charge in [-0.15, -0.1) is 10.2 Å². The largest absolute Gasteiger partial charge is 0.316 e. The molecule has 1 aromatic rings. The summed E-state index contributed by atoms with van der Waals surface area (Å²) in [6, 6.07) is 0.690. The van der Waals surface area contributed by atoms with Crippen molar-refractivity contribution in [2.45, 2.75) is 56.9 Å². The van der Waals surface area contributed by atoms with Crippen molar-refractivity contribution in [1.29, 1.82) is 0 Å². The summed E-state index contributed by atoms with van der Waals surface area (Å²) in [7, 11) is 0. The van der Waals surface area contributed by atoms with Gasteiger partial charge in [0.2, 0.25) is 0 Å². The summed E-state index contributed by atoms with van der Waals surface area (Å²) in [4.78, 5) is 0. The molecule has 1 unspecified atom stereocenters. The lowest BCUT2D eigenvalue weighted by Crippen LogP contribution is -2.45. The van der Waals surface area contributed by atoms with Crippen molar-refractivity contribution < 1.29 is 0 Å². The molecule has 2 fully saturated rings. The molecule has 2 heterocycles. The molecule has 94 valence electrons. The van der Waals surface area contributed by atoms with Crippen LogP contribution in [0.4, 0.5) is 0 Å². The molecule has 1 aliphatic heterocycles. The van der Waals surface area contributed by atoms with Crippen LogP contribution in [0.3, 0.4) is 0 Å². The van der Waals surface area contributed by atoms with E-state index in [-0.39, 0.29) is 5.41 Å². The van der Waals surface area contributed by atoms with Gasteiger partial charge in [-0.1, -0.05) is 13.3 Å². The minimum atomic E-state index is 0.242. The number of hydrogen-bond donors (Lipinski definition) is 1. The topological polar surface area (TPSA) is 42.7 Å². The van der Waals surface area contributed by atoms with E-state index < -0.39 is 0 Å². The van der Waals surface area contributed by atoms with E-state index in [1.165, 1.54) is 44.3 Å². The number of nitrogens with zero attached hydrogens (tertiary/aromatic N) is 3. The molecule has 0 bridgehead atoms. The van der Waals surface area contributed by atoms with Crippen LogP contribution in [0.5, 0.6) is 0 Å². The average molecular weight is 234 g/mol. The molecule has 2 aliphatic rings. The second-order valence-corrected chi connectivity index (χ2v) is 5.60. The van der Waals surface area contributed by atoms with Crippen LogP contribution >= 0.6 is 0 Å². The lowest BCUT2D eigenvalue weighted by atomic mass is 9.76. The normalized spacial score (nSPS) is 29.5. The quantitative estimate of drug-likeness (QED) is 0.867. The van der Waals surface area contributed by atoms with Gasteiger partial charge in [-0.2, -0.15) is 0 Å². The van der Waals surface area contributed by atoms with E-state index in [0.29, 0.717) is 6.04 Å². The summed E-state index contributed by atoms with van der Waals surface area (Å²) in [5, 5.41) is 12.2. The number of piperidine rings is 1. The Bertz CT molecular complexity index is 369. The molecule has 4 nitrogen and oxygen atoms in total. The molecule has 1 saturated heterocycles. The van der Waals surface area contributed by atoms with E-state index in [1.807, 2.05) is 6.33 Å². The van der Waals surface area contributed by atoms with Crippen LogP contribution in [0, 0.1) is 0 Å². The Morgan fingerprint density at radius 1 is 1.53 bits per heavy atom. The van der Waals surface area contributed by atoms with Crippen LogP contribution in [-0.4, -0.2) is 27.9 Å². The van der Waals surface area contributed by atoms with Gasteiger partial charge in [-0.25, -0.2) is 0 Å². The highest BCUT2D eigenvalue weighted by atomic mass is 15.3. The summed E-state index contributed by atoms with van der Waals surface area (Å²) in [6.07, 6.45) is 9.53. The van der Waals surface area contributed by atoms with Crippen molar-refractivity contribution in [3.8, 4) is 0 Å². The van der Waals surface area contributed by atoms with Gasteiger partial charge in [0, 0.05) is 18.0 Å². The van der Waals surface area contributed by atoms with Gasteiger partial charge < -0.3 is 9.88 Å². The summed E-state index contributed by atoms with van der Waals surface area (Å²) in [6.45, 7) is 4.50. The highest BCUT2D eigenvalue weighted by Gasteiger charge is 2.40. The van der Waals surface area contributed by atoms with Gasteiger partial charge >= 0.3 is 0 Å². The Kier molecular flexibility index (Phi) is 2.90. The zero-order valence-corrected chi connectivity index (χ0v) is 10.7. The third-order valence-electron chi connectivity index (χ3n) is 4.19. The Balaban J connectivity index is 1.93. The Morgan fingerprint density at radius 2 is 2.41 bits per heavy atom. The Hall–Kier alpha value is -0.900. The Morgan fingerprint density at radius 3 is 3.06 bits per heavy atom. The molecular weight excluding hydrogens is 212 g/mol. The van der Waals surface area contributed by atoms with Crippen molar-refractivity contribution in [3.63, 3.8) is 0 Å². The summed E-state index contributed by atoms with van der Waals surface area (Å²) < 4.78 is 2.35. The maximum Gasteiger partial charge on any atom is 0.140 e. The monoisotopic (exact) mass is 234 g/mol. The molecule has 17 heavy (non-hydrogen) atoms. The molecule has 1 aromatic heterocycles. The highest BCUT2D eigenvalue weighted by molar-refractivity contribution is 5.13. The van der Waals surface area contributed by atoms with Gasteiger partial charge in [-0.05, 0) is 38.6 Å². The van der Waals surface area contributed by atoms with Gasteiger partial charge in [0.25, 0.3) is 0 Å². The predicted octanol–water partition coefficient (Wildman–Crippen LogP) is 2.03. The SMILES string of the molecule is CCCC1(c2nncn2C2CC2)CCCNC1. The number of hydrogen-bond acceptors (Lipinski definition) is 3. The maximum atomic E-state index is 4.46. The molecule has 1 aliphatic carbocycles. The van der Waals surface area contributed by atoms with Crippen molar-refractivity contribution in [2.75, 3.05) is 13.1 Å². The number of nitrogens with one attached hydrogen (secondary N) is 1. The van der Waals surface area contributed by atoms with Crippen LogP contribution < -0.4 is 5.32 Å². The van der Waals surface area contributed by atoms with Crippen LogP contribution in [-0.2, 0) is 5.41 Å². The molecule has 1 saturated carbocycles. The summed E-state index contributed by atoms with van der Waals surface area (Å²) >= 11 is 0. The fourth-order valence-electron chi connectivity index (χ4n) is 3.20. The van der Waals surface area contributed by atoms with E-state index >= 15 is 0 Å². The fraction of sp³-hybridized carbons (Fsp3) is 0.846. The van der Waals surface area contributed by atoms with Crippen molar-refractivity contribution in [2.24, 2.45) is 0 Å². The van der Waals surface area contributed by atoms with Crippen molar-refractivity contribution in [3.05, 3.63) is 12.2 Å². The molecule has 0 aromatic carbocycles. The second-order valence-electron chi connectivity index (χ2n) is 5.60. The van der Waals surface area contributed by atoms with Crippen LogP contribution in [0.25, 0.3) is 0 Å². The van der Waals surface area contributed by atoms with Crippen LogP contribution in [0.1, 0.15) is 57.3 Å². The zero-order chi connectivity index (χ0) is 11.7. The zero-order valence-electron chi connectivity index (χ0n) is 10.7. The molecule has 1 atom stereocenters. The third-order valence-corrected chi connectivity index (χ3v) is 4.19. The maximum absolute atomic E-state index is 4.46. The first kappa shape index (κ1) is 11.2. The predicted molar refractivity (Wildman–Crippen MR) is 67.0 cm³/mol. The van der Waals surface area contributed by atoms with Crippen LogP contribution in [0.15, 0.2) is 6.33 Å². The third kappa shape index (κ3) is 1.99. The molecule has 0 amide bonds. The first-order valence-corrected chi connectivity index (χ1v) is 6.96. The van der Waals surface area contributed by atoms with E-state index in [0.717, 1.165) is 13.1 Å². The van der Waals surface area contributed by atoms with Crippen molar-refractivity contribution in [1.82, 2.24) is 20.1 Å². The number of rotatable bonds is 4. The van der Waals surface area contributed by atoms with E-state index in [4.69, 9.17) is 0 Å². The molecule has 0 radical (unpaired) electrons. The average Bonchev–Trinajstić information content (AvgIpc) is 3.08. The van der Waals surface area contributed by atoms with E-state index in [2.05, 4.69) is 27.0 Å². The fourth-order valence-corrected chi connectivity index (χ4v) is 3.20. The number of aromatic nitrogens is 3. The first-order chi connectivity index (χ1) is 8.36. The Labute approximate surface area is 103 Å².